The molecular formula is C14H20ClNO. The first-order valence-electron chi connectivity index (χ1n) is 6.15. The van der Waals surface area contributed by atoms with E-state index in [0.29, 0.717) is 5.92 Å². The molecule has 2 nitrogen and oxygen atoms in total. The van der Waals surface area contributed by atoms with Crippen molar-refractivity contribution < 1.29 is 4.74 Å². The minimum atomic E-state index is 0.242. The summed E-state index contributed by atoms with van der Waals surface area (Å²) in [6.07, 6.45) is 1.22. The van der Waals surface area contributed by atoms with Crippen molar-refractivity contribution in [1.82, 2.24) is 5.32 Å². The first kappa shape index (κ1) is 12.9. The second kappa shape index (κ2) is 5.38. The van der Waals surface area contributed by atoms with Crippen LogP contribution < -0.4 is 5.32 Å². The zero-order valence-corrected chi connectivity index (χ0v) is 11.3. The highest BCUT2D eigenvalue weighted by Crippen LogP contribution is 2.55. The summed E-state index contributed by atoms with van der Waals surface area (Å²) >= 11 is 6.30. The molecule has 3 heteroatoms. The molecule has 0 amide bonds. The van der Waals surface area contributed by atoms with Crippen LogP contribution in [0.2, 0.25) is 5.02 Å². The standard InChI is InChI=1S/C14H20ClNO/c1-11-9-14(11,10-16-7-8-17-2)12-5-3-4-6-13(12)15/h3-6,11,16H,7-10H2,1-2H3. The van der Waals surface area contributed by atoms with Gasteiger partial charge in [0.2, 0.25) is 0 Å². The van der Waals surface area contributed by atoms with Crippen LogP contribution in [0.5, 0.6) is 0 Å². The number of halogens is 1. The molecule has 17 heavy (non-hydrogen) atoms. The molecule has 1 aromatic rings. The van der Waals surface area contributed by atoms with Crippen LogP contribution in [0.3, 0.4) is 0 Å². The van der Waals surface area contributed by atoms with Gasteiger partial charge in [0, 0.05) is 30.6 Å². The summed E-state index contributed by atoms with van der Waals surface area (Å²) in [5.74, 6) is 0.706. The van der Waals surface area contributed by atoms with E-state index >= 15 is 0 Å². The van der Waals surface area contributed by atoms with Gasteiger partial charge in [-0.3, -0.25) is 0 Å². The predicted molar refractivity (Wildman–Crippen MR) is 71.7 cm³/mol. The fourth-order valence-corrected chi connectivity index (χ4v) is 2.88. The molecule has 94 valence electrons. The van der Waals surface area contributed by atoms with Gasteiger partial charge in [-0.25, -0.2) is 0 Å². The molecule has 0 saturated heterocycles. The molecule has 1 aliphatic rings. The van der Waals surface area contributed by atoms with E-state index in [9.17, 15) is 0 Å². The van der Waals surface area contributed by atoms with Crippen molar-refractivity contribution in [2.24, 2.45) is 5.92 Å². The summed E-state index contributed by atoms with van der Waals surface area (Å²) in [4.78, 5) is 0. The number of ether oxygens (including phenoxy) is 1. The Balaban J connectivity index is 2.03. The van der Waals surface area contributed by atoms with E-state index < -0.39 is 0 Å². The summed E-state index contributed by atoms with van der Waals surface area (Å²) in [7, 11) is 1.73. The molecular weight excluding hydrogens is 234 g/mol. The van der Waals surface area contributed by atoms with Crippen molar-refractivity contribution in [3.63, 3.8) is 0 Å². The molecule has 0 spiro atoms. The van der Waals surface area contributed by atoms with Gasteiger partial charge in [-0.1, -0.05) is 36.7 Å². The summed E-state index contributed by atoms with van der Waals surface area (Å²) < 4.78 is 5.04. The lowest BCUT2D eigenvalue weighted by Gasteiger charge is -2.19. The molecule has 1 fully saturated rings. The minimum Gasteiger partial charge on any atom is -0.383 e. The molecule has 0 aromatic heterocycles. The van der Waals surface area contributed by atoms with E-state index in [0.717, 1.165) is 24.7 Å². The zero-order valence-electron chi connectivity index (χ0n) is 10.5. The van der Waals surface area contributed by atoms with Crippen molar-refractivity contribution >= 4 is 11.6 Å². The van der Waals surface area contributed by atoms with Crippen LogP contribution in [0.1, 0.15) is 18.9 Å². The maximum atomic E-state index is 6.30. The zero-order chi connectivity index (χ0) is 12.3. The lowest BCUT2D eigenvalue weighted by molar-refractivity contribution is 0.198. The van der Waals surface area contributed by atoms with Crippen molar-refractivity contribution in [2.75, 3.05) is 26.8 Å². The van der Waals surface area contributed by atoms with E-state index in [1.807, 2.05) is 12.1 Å². The fraction of sp³-hybridized carbons (Fsp3) is 0.571. The van der Waals surface area contributed by atoms with Crippen molar-refractivity contribution in [2.45, 2.75) is 18.8 Å². The van der Waals surface area contributed by atoms with Crippen molar-refractivity contribution in [1.29, 1.82) is 0 Å². The van der Waals surface area contributed by atoms with Crippen LogP contribution in [0, 0.1) is 5.92 Å². The Morgan fingerprint density at radius 1 is 1.47 bits per heavy atom. The minimum absolute atomic E-state index is 0.242. The summed E-state index contributed by atoms with van der Waals surface area (Å²) in [5, 5.41) is 4.36. The van der Waals surface area contributed by atoms with Crippen LogP contribution in [-0.4, -0.2) is 26.8 Å². The highest BCUT2D eigenvalue weighted by Gasteiger charge is 2.52. The first-order chi connectivity index (χ1) is 8.20. The third-order valence-electron chi connectivity index (χ3n) is 3.79. The molecule has 2 atom stereocenters. The Morgan fingerprint density at radius 2 is 2.18 bits per heavy atom. The van der Waals surface area contributed by atoms with E-state index in [-0.39, 0.29) is 5.41 Å². The summed E-state index contributed by atoms with van der Waals surface area (Å²) in [5.41, 5.74) is 1.53. The molecule has 2 unspecified atom stereocenters. The molecule has 0 bridgehead atoms. The number of nitrogens with one attached hydrogen (secondary N) is 1. The third kappa shape index (κ3) is 2.65. The van der Waals surface area contributed by atoms with Crippen LogP contribution in [0.4, 0.5) is 0 Å². The van der Waals surface area contributed by atoms with Crippen LogP contribution >= 0.6 is 11.6 Å². The van der Waals surface area contributed by atoms with E-state index in [4.69, 9.17) is 16.3 Å². The molecule has 1 saturated carbocycles. The highest BCUT2D eigenvalue weighted by molar-refractivity contribution is 6.31. The Bertz CT molecular complexity index is 382. The number of rotatable bonds is 6. The third-order valence-corrected chi connectivity index (χ3v) is 4.12. The molecule has 1 N–H and O–H groups in total. The second-order valence-corrected chi connectivity index (χ2v) is 5.32. The van der Waals surface area contributed by atoms with Crippen molar-refractivity contribution in [3.8, 4) is 0 Å². The smallest absolute Gasteiger partial charge is 0.0587 e. The Kier molecular flexibility index (Phi) is 4.08. The van der Waals surface area contributed by atoms with E-state index in [1.54, 1.807) is 7.11 Å². The lowest BCUT2D eigenvalue weighted by Crippen LogP contribution is -2.30. The Morgan fingerprint density at radius 3 is 2.76 bits per heavy atom. The van der Waals surface area contributed by atoms with E-state index in [2.05, 4.69) is 24.4 Å². The summed E-state index contributed by atoms with van der Waals surface area (Å²) in [6.45, 7) is 4.94. The highest BCUT2D eigenvalue weighted by atomic mass is 35.5. The molecule has 1 aromatic carbocycles. The van der Waals surface area contributed by atoms with Gasteiger partial charge in [-0.15, -0.1) is 0 Å². The Hall–Kier alpha value is -0.570. The quantitative estimate of drug-likeness (QED) is 0.788. The normalized spacial score (nSPS) is 27.1. The van der Waals surface area contributed by atoms with Gasteiger partial charge in [0.15, 0.2) is 0 Å². The van der Waals surface area contributed by atoms with Gasteiger partial charge in [0.05, 0.1) is 6.61 Å². The first-order valence-corrected chi connectivity index (χ1v) is 6.53. The van der Waals surface area contributed by atoms with Crippen LogP contribution in [0.15, 0.2) is 24.3 Å². The number of hydrogen-bond acceptors (Lipinski definition) is 2. The predicted octanol–water partition coefficient (Wildman–Crippen LogP) is 2.85. The number of methoxy groups -OCH3 is 1. The largest absolute Gasteiger partial charge is 0.383 e. The van der Waals surface area contributed by atoms with Gasteiger partial charge in [0.25, 0.3) is 0 Å². The van der Waals surface area contributed by atoms with Crippen LogP contribution in [-0.2, 0) is 10.2 Å². The number of benzene rings is 1. The molecule has 1 aliphatic carbocycles. The van der Waals surface area contributed by atoms with Gasteiger partial charge in [-0.05, 0) is 24.0 Å². The maximum Gasteiger partial charge on any atom is 0.0587 e. The van der Waals surface area contributed by atoms with Crippen LogP contribution in [0.25, 0.3) is 0 Å². The fourth-order valence-electron chi connectivity index (χ4n) is 2.56. The molecule has 0 heterocycles. The van der Waals surface area contributed by atoms with Gasteiger partial charge in [-0.2, -0.15) is 0 Å². The average Bonchev–Trinajstić information content (AvgIpc) is 2.97. The number of hydrogen-bond donors (Lipinski definition) is 1. The Labute approximate surface area is 108 Å². The second-order valence-electron chi connectivity index (χ2n) is 4.91. The van der Waals surface area contributed by atoms with Gasteiger partial charge < -0.3 is 10.1 Å². The molecule has 0 aliphatic heterocycles. The average molecular weight is 254 g/mol. The monoisotopic (exact) mass is 253 g/mol. The molecule has 2 rings (SSSR count). The topological polar surface area (TPSA) is 21.3 Å². The maximum absolute atomic E-state index is 6.30. The van der Waals surface area contributed by atoms with Gasteiger partial charge >= 0.3 is 0 Å². The van der Waals surface area contributed by atoms with Crippen molar-refractivity contribution in [3.05, 3.63) is 34.9 Å². The summed E-state index contributed by atoms with van der Waals surface area (Å²) in [6, 6.07) is 8.21. The SMILES string of the molecule is COCCNCC1(c2ccccc2Cl)CC1C. The molecule has 0 radical (unpaired) electrons. The van der Waals surface area contributed by atoms with E-state index in [1.165, 1.54) is 12.0 Å². The van der Waals surface area contributed by atoms with Gasteiger partial charge in [0.1, 0.15) is 0 Å². The lowest BCUT2D eigenvalue weighted by atomic mass is 9.93.